The van der Waals surface area contributed by atoms with Crippen LogP contribution in [0.5, 0.6) is 17.2 Å². The lowest BCUT2D eigenvalue weighted by molar-refractivity contribution is 0.452. The lowest BCUT2D eigenvalue weighted by Crippen LogP contribution is -2.00. The molecule has 5 nitrogen and oxygen atoms in total. The molecule has 0 amide bonds. The number of hydrogen-bond acceptors (Lipinski definition) is 4. The topological polar surface area (TPSA) is 78.5 Å². The van der Waals surface area contributed by atoms with Gasteiger partial charge in [-0.3, -0.25) is 4.68 Å². The molecule has 1 heterocycles. The SMILES string of the molecule is CCCCCc1cc(O)c(-c2ccn(Cc3cccc(O)c3)n2)c(O)c1. The quantitative estimate of drug-likeness (QED) is 0.549. The van der Waals surface area contributed by atoms with Gasteiger partial charge in [0, 0.05) is 6.20 Å². The second-order valence-corrected chi connectivity index (χ2v) is 6.53. The van der Waals surface area contributed by atoms with E-state index in [1.807, 2.05) is 6.07 Å². The molecule has 0 aliphatic carbocycles. The number of aryl methyl sites for hydroxylation is 1. The van der Waals surface area contributed by atoms with Gasteiger partial charge in [0.15, 0.2) is 0 Å². The van der Waals surface area contributed by atoms with Crippen LogP contribution >= 0.6 is 0 Å². The van der Waals surface area contributed by atoms with Gasteiger partial charge in [-0.05, 0) is 54.3 Å². The minimum absolute atomic E-state index is 0.0408. The Balaban J connectivity index is 1.80. The molecule has 0 aliphatic rings. The molecule has 0 spiro atoms. The summed E-state index contributed by atoms with van der Waals surface area (Å²) in [5.41, 5.74) is 2.70. The summed E-state index contributed by atoms with van der Waals surface area (Å²) in [7, 11) is 0. The molecule has 5 heteroatoms. The predicted octanol–water partition coefficient (Wildman–Crippen LogP) is 4.45. The predicted molar refractivity (Wildman–Crippen MR) is 101 cm³/mol. The maximum atomic E-state index is 10.4. The second-order valence-electron chi connectivity index (χ2n) is 6.53. The number of phenols is 3. The summed E-state index contributed by atoms with van der Waals surface area (Å²) in [6, 6.07) is 12.2. The van der Waals surface area contributed by atoms with Crippen molar-refractivity contribution in [2.75, 3.05) is 0 Å². The van der Waals surface area contributed by atoms with Crippen LogP contribution in [-0.4, -0.2) is 25.1 Å². The van der Waals surface area contributed by atoms with Crippen LogP contribution in [0.4, 0.5) is 0 Å². The first-order chi connectivity index (χ1) is 12.6. The highest BCUT2D eigenvalue weighted by atomic mass is 16.3. The Kier molecular flexibility index (Phi) is 5.46. The number of aromatic nitrogens is 2. The van der Waals surface area contributed by atoms with Crippen molar-refractivity contribution in [3.63, 3.8) is 0 Å². The van der Waals surface area contributed by atoms with E-state index in [0.717, 1.165) is 36.8 Å². The number of nitrogens with zero attached hydrogens (tertiary/aromatic N) is 2. The van der Waals surface area contributed by atoms with E-state index in [2.05, 4.69) is 12.0 Å². The Morgan fingerprint density at radius 3 is 2.38 bits per heavy atom. The fraction of sp³-hybridized carbons (Fsp3) is 0.286. The Hall–Kier alpha value is -2.95. The molecular weight excluding hydrogens is 328 g/mol. The van der Waals surface area contributed by atoms with Crippen LogP contribution in [0.2, 0.25) is 0 Å². The third-order valence-corrected chi connectivity index (χ3v) is 4.38. The van der Waals surface area contributed by atoms with Crippen LogP contribution in [0.25, 0.3) is 11.3 Å². The zero-order valence-electron chi connectivity index (χ0n) is 14.9. The number of unbranched alkanes of at least 4 members (excludes halogenated alkanes) is 2. The molecule has 0 atom stereocenters. The zero-order chi connectivity index (χ0) is 18.5. The molecule has 0 aliphatic heterocycles. The maximum absolute atomic E-state index is 10.4. The molecule has 0 radical (unpaired) electrons. The molecule has 2 aromatic carbocycles. The molecular formula is C21H24N2O3. The third-order valence-electron chi connectivity index (χ3n) is 4.38. The number of aromatic hydroxyl groups is 3. The molecule has 0 unspecified atom stereocenters. The standard InChI is InChI=1S/C21H24N2O3/c1-2-3-4-6-15-12-19(25)21(20(26)13-15)18-9-10-23(22-18)14-16-7-5-8-17(24)11-16/h5,7-13,24-26H,2-4,6,14H2,1H3. The average molecular weight is 352 g/mol. The Labute approximate surface area is 153 Å². The highest BCUT2D eigenvalue weighted by Gasteiger charge is 2.15. The lowest BCUT2D eigenvalue weighted by Gasteiger charge is -2.09. The van der Waals surface area contributed by atoms with Crippen molar-refractivity contribution < 1.29 is 15.3 Å². The number of hydrogen-bond donors (Lipinski definition) is 3. The van der Waals surface area contributed by atoms with E-state index >= 15 is 0 Å². The molecule has 3 aromatic rings. The van der Waals surface area contributed by atoms with E-state index in [-0.39, 0.29) is 17.2 Å². The third kappa shape index (κ3) is 4.17. The number of phenolic OH excluding ortho intramolecular Hbond substituents is 3. The van der Waals surface area contributed by atoms with E-state index in [1.165, 1.54) is 0 Å². The summed E-state index contributed by atoms with van der Waals surface area (Å²) in [6.07, 6.45) is 5.91. The van der Waals surface area contributed by atoms with Crippen LogP contribution in [0.3, 0.4) is 0 Å². The summed E-state index contributed by atoms with van der Waals surface area (Å²) >= 11 is 0. The molecule has 3 N–H and O–H groups in total. The average Bonchev–Trinajstić information content (AvgIpc) is 3.02. The van der Waals surface area contributed by atoms with Crippen molar-refractivity contribution in [3.05, 3.63) is 59.8 Å². The van der Waals surface area contributed by atoms with Gasteiger partial charge in [-0.1, -0.05) is 31.9 Å². The molecule has 136 valence electrons. The molecule has 3 rings (SSSR count). The lowest BCUT2D eigenvalue weighted by atomic mass is 10.0. The van der Waals surface area contributed by atoms with Gasteiger partial charge in [-0.25, -0.2) is 0 Å². The van der Waals surface area contributed by atoms with Crippen molar-refractivity contribution in [3.8, 4) is 28.5 Å². The first-order valence-electron chi connectivity index (χ1n) is 8.93. The summed E-state index contributed by atoms with van der Waals surface area (Å²) in [5, 5.41) is 34.8. The summed E-state index contributed by atoms with van der Waals surface area (Å²) in [4.78, 5) is 0. The van der Waals surface area contributed by atoms with Crippen molar-refractivity contribution in [2.24, 2.45) is 0 Å². The van der Waals surface area contributed by atoms with E-state index in [1.54, 1.807) is 47.3 Å². The van der Waals surface area contributed by atoms with Gasteiger partial charge in [0.2, 0.25) is 0 Å². The van der Waals surface area contributed by atoms with Crippen molar-refractivity contribution in [1.29, 1.82) is 0 Å². The maximum Gasteiger partial charge on any atom is 0.129 e. The molecule has 26 heavy (non-hydrogen) atoms. The molecule has 0 fully saturated rings. The van der Waals surface area contributed by atoms with Crippen LogP contribution < -0.4 is 0 Å². The highest BCUT2D eigenvalue weighted by Crippen LogP contribution is 2.37. The minimum atomic E-state index is 0.0408. The number of rotatable bonds is 7. The van der Waals surface area contributed by atoms with E-state index < -0.39 is 0 Å². The molecule has 0 bridgehead atoms. The molecule has 0 saturated carbocycles. The Bertz CT molecular complexity index is 863. The second kappa shape index (κ2) is 7.95. The first kappa shape index (κ1) is 17.9. The first-order valence-corrected chi connectivity index (χ1v) is 8.93. The molecule has 0 saturated heterocycles. The van der Waals surface area contributed by atoms with Gasteiger partial charge in [0.1, 0.15) is 17.2 Å². The van der Waals surface area contributed by atoms with Crippen LogP contribution in [0, 0.1) is 0 Å². The van der Waals surface area contributed by atoms with Gasteiger partial charge >= 0.3 is 0 Å². The van der Waals surface area contributed by atoms with Crippen LogP contribution in [-0.2, 0) is 13.0 Å². The fourth-order valence-corrected chi connectivity index (χ4v) is 3.08. The van der Waals surface area contributed by atoms with Gasteiger partial charge in [0.25, 0.3) is 0 Å². The van der Waals surface area contributed by atoms with Crippen LogP contribution in [0.1, 0.15) is 37.3 Å². The zero-order valence-corrected chi connectivity index (χ0v) is 14.9. The Morgan fingerprint density at radius 2 is 1.69 bits per heavy atom. The van der Waals surface area contributed by atoms with Gasteiger partial charge < -0.3 is 15.3 Å². The fourth-order valence-electron chi connectivity index (χ4n) is 3.08. The summed E-state index contributed by atoms with van der Waals surface area (Å²) in [5.74, 6) is 0.294. The van der Waals surface area contributed by atoms with Gasteiger partial charge in [-0.15, -0.1) is 0 Å². The largest absolute Gasteiger partial charge is 0.508 e. The normalized spacial score (nSPS) is 11.0. The van der Waals surface area contributed by atoms with Gasteiger partial charge in [-0.2, -0.15) is 5.10 Å². The van der Waals surface area contributed by atoms with E-state index in [0.29, 0.717) is 17.8 Å². The smallest absolute Gasteiger partial charge is 0.129 e. The summed E-state index contributed by atoms with van der Waals surface area (Å²) in [6.45, 7) is 2.64. The molecule has 1 aromatic heterocycles. The van der Waals surface area contributed by atoms with Crippen molar-refractivity contribution in [2.45, 2.75) is 39.2 Å². The monoisotopic (exact) mass is 352 g/mol. The van der Waals surface area contributed by atoms with Gasteiger partial charge in [0.05, 0.1) is 17.8 Å². The Morgan fingerprint density at radius 1 is 0.923 bits per heavy atom. The van der Waals surface area contributed by atoms with Crippen molar-refractivity contribution in [1.82, 2.24) is 9.78 Å². The van der Waals surface area contributed by atoms with E-state index in [4.69, 9.17) is 0 Å². The van der Waals surface area contributed by atoms with E-state index in [9.17, 15) is 15.3 Å². The minimum Gasteiger partial charge on any atom is -0.508 e. The highest BCUT2D eigenvalue weighted by molar-refractivity contribution is 5.74. The number of benzene rings is 2. The van der Waals surface area contributed by atoms with Crippen molar-refractivity contribution >= 4 is 0 Å². The summed E-state index contributed by atoms with van der Waals surface area (Å²) < 4.78 is 1.71. The van der Waals surface area contributed by atoms with Crippen LogP contribution in [0.15, 0.2) is 48.7 Å².